The Morgan fingerprint density at radius 1 is 1.00 bits per heavy atom. The van der Waals surface area contributed by atoms with Gasteiger partial charge in [-0.3, -0.25) is 0 Å². The zero-order chi connectivity index (χ0) is 13.9. The molecule has 0 atom stereocenters. The van der Waals surface area contributed by atoms with Gasteiger partial charge in [-0.1, -0.05) is 30.3 Å². The molecule has 4 heteroatoms. The Morgan fingerprint density at radius 3 is 2.60 bits per heavy atom. The summed E-state index contributed by atoms with van der Waals surface area (Å²) in [4.78, 5) is 14.5. The van der Waals surface area contributed by atoms with Gasteiger partial charge in [-0.05, 0) is 24.3 Å². The van der Waals surface area contributed by atoms with E-state index in [1.165, 1.54) is 0 Å². The molecule has 0 saturated carbocycles. The largest absolute Gasteiger partial charge is 0.507 e. The molecule has 0 unspecified atom stereocenters. The normalized spacial score (nSPS) is 11.2. The van der Waals surface area contributed by atoms with E-state index >= 15 is 0 Å². The molecule has 1 aromatic heterocycles. The number of hydrogen-bond donors (Lipinski definition) is 1. The Kier molecular flexibility index (Phi) is 3.05. The first-order valence-electron chi connectivity index (χ1n) is 6.15. The van der Waals surface area contributed by atoms with E-state index in [0.717, 1.165) is 0 Å². The van der Waals surface area contributed by atoms with Crippen LogP contribution in [0.15, 0.2) is 57.7 Å². The monoisotopic (exact) mass is 266 g/mol. The van der Waals surface area contributed by atoms with Crippen molar-refractivity contribution in [3.8, 4) is 5.75 Å². The van der Waals surface area contributed by atoms with Crippen molar-refractivity contribution in [2.24, 2.45) is 0 Å². The summed E-state index contributed by atoms with van der Waals surface area (Å²) in [6, 6.07) is 14.0. The lowest BCUT2D eigenvalue weighted by atomic mass is 10.2. The Bertz CT molecular complexity index is 849. The quantitative estimate of drug-likeness (QED) is 0.775. The Balaban J connectivity index is 2.04. The van der Waals surface area contributed by atoms with E-state index in [9.17, 15) is 9.90 Å². The summed E-state index contributed by atoms with van der Waals surface area (Å²) in [7, 11) is 0. The van der Waals surface area contributed by atoms with Crippen molar-refractivity contribution >= 4 is 23.1 Å². The van der Waals surface area contributed by atoms with E-state index in [-0.39, 0.29) is 11.3 Å². The van der Waals surface area contributed by atoms with Gasteiger partial charge in [-0.15, -0.1) is 4.98 Å². The smallest absolute Gasteiger partial charge is 0.424 e. The topological polar surface area (TPSA) is 64.6 Å². The van der Waals surface area contributed by atoms with Crippen LogP contribution in [0.2, 0.25) is 0 Å². The molecular weight excluding hydrogens is 254 g/mol. The van der Waals surface area contributed by atoms with Crippen LogP contribution in [-0.2, 0) is 0 Å². The van der Waals surface area contributed by atoms with E-state index in [2.05, 4.69) is 4.98 Å². The van der Waals surface area contributed by atoms with Gasteiger partial charge in [0, 0.05) is 5.56 Å². The molecule has 2 aromatic carbocycles. The van der Waals surface area contributed by atoms with Crippen molar-refractivity contribution < 1.29 is 14.5 Å². The second-order valence-corrected chi connectivity index (χ2v) is 4.31. The van der Waals surface area contributed by atoms with Gasteiger partial charge in [0.15, 0.2) is 5.58 Å². The molecule has 3 rings (SSSR count). The average molecular weight is 266 g/mol. The predicted molar refractivity (Wildman–Crippen MR) is 76.1 cm³/mol. The lowest BCUT2D eigenvalue weighted by Gasteiger charge is -1.96. The van der Waals surface area contributed by atoms with Crippen molar-refractivity contribution in [2.75, 3.05) is 0 Å². The maximum Gasteiger partial charge on any atom is 0.424 e. The second kappa shape index (κ2) is 5.01. The lowest BCUT2D eigenvalue weighted by Crippen LogP contribution is -2.29. The number of hydrogen-bond acceptors (Lipinski definition) is 3. The third kappa shape index (κ3) is 2.31. The van der Waals surface area contributed by atoms with Crippen LogP contribution < -0.4 is 10.5 Å². The molecule has 0 spiro atoms. The minimum absolute atomic E-state index is 0.173. The highest BCUT2D eigenvalue weighted by atomic mass is 16.3. The molecule has 20 heavy (non-hydrogen) atoms. The zero-order valence-corrected chi connectivity index (χ0v) is 10.5. The second-order valence-electron chi connectivity index (χ2n) is 4.31. The van der Waals surface area contributed by atoms with E-state index in [1.807, 2.05) is 12.1 Å². The van der Waals surface area contributed by atoms with Gasteiger partial charge >= 0.3 is 11.4 Å². The van der Waals surface area contributed by atoms with Crippen molar-refractivity contribution in [1.29, 1.82) is 0 Å². The fourth-order valence-electron chi connectivity index (χ4n) is 1.94. The number of H-pyrrole nitrogens is 1. The first kappa shape index (κ1) is 12.2. The highest BCUT2D eigenvalue weighted by Crippen LogP contribution is 2.18. The third-order valence-corrected chi connectivity index (χ3v) is 2.94. The van der Waals surface area contributed by atoms with Crippen molar-refractivity contribution in [3.05, 3.63) is 70.3 Å². The van der Waals surface area contributed by atoms with Crippen LogP contribution >= 0.6 is 0 Å². The van der Waals surface area contributed by atoms with Crippen molar-refractivity contribution in [2.45, 2.75) is 0 Å². The molecule has 98 valence electrons. The fraction of sp³-hybridized carbons (Fsp3) is 0. The molecule has 3 aromatic rings. The maximum atomic E-state index is 11.9. The van der Waals surface area contributed by atoms with Gasteiger partial charge in [0.1, 0.15) is 11.1 Å². The molecule has 2 N–H and O–H groups in total. The molecule has 0 fully saturated rings. The first-order valence-corrected chi connectivity index (χ1v) is 6.15. The van der Waals surface area contributed by atoms with Crippen LogP contribution in [0.25, 0.3) is 23.1 Å². The maximum absolute atomic E-state index is 11.9. The SMILES string of the molecule is O=c1[nH+]c(C=Cc2ccccc2O)oc2ccccc12. The average Bonchev–Trinajstić information content (AvgIpc) is 2.46. The molecule has 0 aliphatic carbocycles. The minimum Gasteiger partial charge on any atom is -0.507 e. The van der Waals surface area contributed by atoms with E-state index in [4.69, 9.17) is 4.42 Å². The van der Waals surface area contributed by atoms with Gasteiger partial charge in [0.25, 0.3) is 0 Å². The summed E-state index contributed by atoms with van der Waals surface area (Å²) in [6.07, 6.45) is 3.29. The number of rotatable bonds is 2. The van der Waals surface area contributed by atoms with Crippen LogP contribution in [0.5, 0.6) is 5.75 Å². The lowest BCUT2D eigenvalue weighted by molar-refractivity contribution is -0.414. The summed E-state index contributed by atoms with van der Waals surface area (Å²) in [5, 5.41) is 10.2. The molecule has 0 aliphatic rings. The van der Waals surface area contributed by atoms with Crippen molar-refractivity contribution in [3.63, 3.8) is 0 Å². The Morgan fingerprint density at radius 2 is 1.75 bits per heavy atom. The number of phenols is 1. The molecule has 4 nitrogen and oxygen atoms in total. The first-order chi connectivity index (χ1) is 9.74. The van der Waals surface area contributed by atoms with E-state index in [0.29, 0.717) is 22.4 Å². The number of aromatic amines is 1. The van der Waals surface area contributed by atoms with Gasteiger partial charge < -0.3 is 9.52 Å². The van der Waals surface area contributed by atoms with E-state index < -0.39 is 0 Å². The number of phenolic OH excluding ortho intramolecular Hbond substituents is 1. The highest BCUT2D eigenvalue weighted by Gasteiger charge is 2.09. The number of nitrogens with one attached hydrogen (secondary N) is 1. The third-order valence-electron chi connectivity index (χ3n) is 2.94. The van der Waals surface area contributed by atoms with Crippen LogP contribution in [0.3, 0.4) is 0 Å². The summed E-state index contributed by atoms with van der Waals surface area (Å²) < 4.78 is 5.58. The minimum atomic E-state index is -0.205. The molecule has 1 heterocycles. The van der Waals surface area contributed by atoms with Gasteiger partial charge in [-0.2, -0.15) is 0 Å². The Hall–Kier alpha value is -2.88. The van der Waals surface area contributed by atoms with Gasteiger partial charge in [0.2, 0.25) is 0 Å². The van der Waals surface area contributed by atoms with Crippen molar-refractivity contribution in [1.82, 2.24) is 0 Å². The molecule has 0 bridgehead atoms. The molecular formula is C16H12NO3+. The molecule has 0 amide bonds. The predicted octanol–water partition coefficient (Wildman–Crippen LogP) is 2.48. The molecule has 0 radical (unpaired) electrons. The summed E-state index contributed by atoms with van der Waals surface area (Å²) in [5.74, 6) is 0.504. The fourth-order valence-corrected chi connectivity index (χ4v) is 1.94. The van der Waals surface area contributed by atoms with E-state index in [1.54, 1.807) is 48.6 Å². The van der Waals surface area contributed by atoms with Crippen LogP contribution in [0, 0.1) is 0 Å². The zero-order valence-electron chi connectivity index (χ0n) is 10.5. The van der Waals surface area contributed by atoms with Crippen LogP contribution in [0.1, 0.15) is 11.5 Å². The van der Waals surface area contributed by atoms with Gasteiger partial charge in [-0.25, -0.2) is 4.79 Å². The van der Waals surface area contributed by atoms with Crippen LogP contribution in [-0.4, -0.2) is 5.11 Å². The number of para-hydroxylation sites is 2. The molecule has 0 saturated heterocycles. The summed E-state index contributed by atoms with van der Waals surface area (Å²) in [6.45, 7) is 0. The number of benzene rings is 2. The molecule has 0 aliphatic heterocycles. The summed E-state index contributed by atoms with van der Waals surface area (Å²) >= 11 is 0. The van der Waals surface area contributed by atoms with Crippen LogP contribution in [0.4, 0.5) is 0 Å². The van der Waals surface area contributed by atoms with Gasteiger partial charge in [0.05, 0.1) is 6.08 Å². The number of aromatic nitrogens is 1. The number of fused-ring (bicyclic) bond motifs is 1. The Labute approximate surface area is 114 Å². The number of aromatic hydroxyl groups is 1. The summed E-state index contributed by atoms with van der Waals surface area (Å²) in [5.41, 5.74) is 0.966. The highest BCUT2D eigenvalue weighted by molar-refractivity contribution is 5.75. The standard InChI is InChI=1S/C16H11NO3/c18-13-7-3-1-5-11(13)9-10-15-17-16(19)12-6-2-4-8-14(12)20-15/h1-10,18H/p+1.